The number of rotatable bonds is 14. The van der Waals surface area contributed by atoms with Gasteiger partial charge in [-0.15, -0.1) is 5.11 Å². The highest BCUT2D eigenvalue weighted by molar-refractivity contribution is 9.10. The highest BCUT2D eigenvalue weighted by Crippen LogP contribution is 2.52. The van der Waals surface area contributed by atoms with E-state index in [0.29, 0.717) is 21.3 Å². The Balaban J connectivity index is 1.95. The summed E-state index contributed by atoms with van der Waals surface area (Å²) in [4.78, 5) is 59.4. The molecule has 3 heterocycles. The van der Waals surface area contributed by atoms with Gasteiger partial charge in [0.05, 0.1) is 19.6 Å². The second kappa shape index (κ2) is 23.8. The van der Waals surface area contributed by atoms with Crippen LogP contribution in [0.1, 0.15) is 144 Å². The number of amides is 2. The van der Waals surface area contributed by atoms with Gasteiger partial charge in [0.25, 0.3) is 8.32 Å². The first-order valence-electron chi connectivity index (χ1n) is 25.0. The number of carbonyl (C=O) groups is 4. The Kier molecular flexibility index (Phi) is 19.3. The lowest BCUT2D eigenvalue weighted by Gasteiger charge is -2.46. The fourth-order valence-corrected chi connectivity index (χ4v) is 16.7. The first kappa shape index (κ1) is 58.4. The van der Waals surface area contributed by atoms with Gasteiger partial charge in [0.15, 0.2) is 17.6 Å². The third-order valence-corrected chi connectivity index (χ3v) is 25.3. The van der Waals surface area contributed by atoms with Crippen molar-refractivity contribution >= 4 is 73.6 Å². The summed E-state index contributed by atoms with van der Waals surface area (Å²) in [6.07, 6.45) is -0.630. The van der Waals surface area contributed by atoms with E-state index in [1.54, 1.807) is 76.2 Å². The Hall–Kier alpha value is -4.50. The number of nitrogens with zero attached hydrogens (tertiary/aromatic N) is 3. The normalized spacial score (nSPS) is 19.5. The van der Waals surface area contributed by atoms with Crippen molar-refractivity contribution in [2.24, 2.45) is 10.3 Å². The van der Waals surface area contributed by atoms with E-state index in [-0.39, 0.29) is 61.8 Å². The molecule has 2 amide bonds. The summed E-state index contributed by atoms with van der Waals surface area (Å²) in [7, 11) is -4.27. The molecule has 15 nitrogen and oxygen atoms in total. The van der Waals surface area contributed by atoms with E-state index in [0.717, 1.165) is 25.9 Å². The zero-order valence-electron chi connectivity index (χ0n) is 45.1. The lowest BCUT2D eigenvalue weighted by atomic mass is 9.88. The number of Topliss-reactive ketones (excluding diaryl/α,β-unsaturated/α-hetero) is 1. The van der Waals surface area contributed by atoms with Crippen molar-refractivity contribution < 1.29 is 47.0 Å². The Morgan fingerprint density at radius 2 is 1.53 bits per heavy atom. The highest BCUT2D eigenvalue weighted by atomic mass is 79.9. The average Bonchev–Trinajstić information content (AvgIpc) is 3.80. The molecule has 0 aromatic heterocycles. The predicted molar refractivity (Wildman–Crippen MR) is 290 cm³/mol. The van der Waals surface area contributed by atoms with Crippen LogP contribution in [0.25, 0.3) is 0 Å². The second-order valence-electron chi connectivity index (χ2n) is 22.1. The number of carbonyl (C=O) groups excluding carboxylic acids is 4. The number of halogens is 2. The molecule has 3 aliphatic heterocycles. The number of ether oxygens (including phenoxy) is 4. The van der Waals surface area contributed by atoms with Crippen LogP contribution in [0.5, 0.6) is 23.0 Å². The number of ketones is 1. The van der Waals surface area contributed by atoms with Crippen LogP contribution < -0.4 is 24.5 Å². The summed E-state index contributed by atoms with van der Waals surface area (Å²) < 4.78 is 39.3. The monoisotopic (exact) mass is 1110 g/mol. The topological polar surface area (TPSA) is 176 Å². The summed E-state index contributed by atoms with van der Waals surface area (Å²) in [5.41, 5.74) is 0.542. The van der Waals surface area contributed by atoms with Gasteiger partial charge in [-0.05, 0) is 139 Å². The van der Waals surface area contributed by atoms with Gasteiger partial charge >= 0.3 is 12.1 Å². The molecule has 396 valence electrons. The molecule has 2 N–H and O–H groups in total. The minimum Gasteiger partial charge on any atom is -0.542 e. The minimum atomic E-state index is -2.99. The van der Waals surface area contributed by atoms with Crippen molar-refractivity contribution in [2.75, 3.05) is 26.8 Å². The second-order valence-corrected chi connectivity index (χ2v) is 33.5. The molecule has 19 heteroatoms. The Morgan fingerprint density at radius 3 is 2.07 bits per heavy atom. The van der Waals surface area contributed by atoms with Crippen molar-refractivity contribution in [3.05, 3.63) is 74.7 Å². The Morgan fingerprint density at radius 1 is 0.917 bits per heavy atom. The van der Waals surface area contributed by atoms with Crippen LogP contribution in [0.3, 0.4) is 0 Å². The fourth-order valence-electron chi connectivity index (χ4n) is 9.30. The van der Waals surface area contributed by atoms with E-state index in [9.17, 15) is 9.59 Å². The van der Waals surface area contributed by atoms with Crippen LogP contribution in [0.2, 0.25) is 39.8 Å². The van der Waals surface area contributed by atoms with E-state index in [1.807, 2.05) is 5.01 Å². The molecule has 0 radical (unpaired) electrons. The van der Waals surface area contributed by atoms with Gasteiger partial charge in [0.1, 0.15) is 45.7 Å². The Labute approximate surface area is 442 Å². The molecule has 0 aliphatic carbocycles. The van der Waals surface area contributed by atoms with Crippen LogP contribution in [-0.2, 0) is 28.3 Å². The van der Waals surface area contributed by atoms with Crippen molar-refractivity contribution in [1.82, 2.24) is 15.6 Å². The summed E-state index contributed by atoms with van der Waals surface area (Å²) in [6, 6.07) is 10.6. The molecule has 3 aromatic carbocycles. The molecule has 3 aliphatic rings. The van der Waals surface area contributed by atoms with Crippen molar-refractivity contribution in [3.63, 3.8) is 0 Å². The van der Waals surface area contributed by atoms with E-state index in [2.05, 4.69) is 112 Å². The molecular formula is C53H77BrClN5O10Si2. The molecule has 1 saturated heterocycles. The first-order chi connectivity index (χ1) is 33.5. The average molecular weight is 1120 g/mol. The summed E-state index contributed by atoms with van der Waals surface area (Å²) in [5, 5.41) is 16.7. The number of hydrogen-bond acceptors (Lipinski definition) is 12. The van der Waals surface area contributed by atoms with Gasteiger partial charge in [0, 0.05) is 29.5 Å². The van der Waals surface area contributed by atoms with Crippen LogP contribution in [0.4, 0.5) is 10.5 Å². The number of esters is 1. The fraction of sp³-hybridized carbons (Fsp3) is 0.585. The molecule has 4 atom stereocenters. The number of methoxy groups -OCH3 is 1. The minimum absolute atomic E-state index is 0.0109. The van der Waals surface area contributed by atoms with Gasteiger partial charge in [-0.1, -0.05) is 91.3 Å². The zero-order valence-corrected chi connectivity index (χ0v) is 49.4. The number of fused-ring (bicyclic) bond motifs is 9. The maximum atomic E-state index is 15.5. The molecule has 4 bridgehead atoms. The predicted octanol–water partition coefficient (Wildman–Crippen LogP) is 14.0. The zero-order chi connectivity index (χ0) is 53.7. The molecule has 0 unspecified atom stereocenters. The van der Waals surface area contributed by atoms with Gasteiger partial charge in [-0.25, -0.2) is 9.59 Å². The van der Waals surface area contributed by atoms with Crippen molar-refractivity contribution in [3.8, 4) is 23.0 Å². The van der Waals surface area contributed by atoms with Crippen LogP contribution in [0, 0.1) is 0 Å². The SMILES string of the molecule is CCOC(=O)[C@H]1NC(=O)[C@@H](c2ccc(OC)cc2)CC(=O)[C@H](NC(=O)OC(C)(C)C)c2cc(Br)c(N=NN3CCCC3)c(c2)Oc2ccc(c(O[Si](C)(C)C(C)(C)C)c2Cl)[C@@H]1O[Si](C(C)C)(C(C)C)C(C)C. The smallest absolute Gasteiger partial charge is 0.408 e. The summed E-state index contributed by atoms with van der Waals surface area (Å²) in [5.74, 6) is -2.20. The number of benzene rings is 3. The maximum Gasteiger partial charge on any atom is 0.408 e. The third kappa shape index (κ3) is 13.6. The van der Waals surface area contributed by atoms with Crippen molar-refractivity contribution in [2.45, 2.75) is 174 Å². The van der Waals surface area contributed by atoms with Gasteiger partial charge in [-0.2, -0.15) is 0 Å². The maximum absolute atomic E-state index is 15.5. The van der Waals surface area contributed by atoms with E-state index in [4.69, 9.17) is 39.4 Å². The molecule has 0 spiro atoms. The van der Waals surface area contributed by atoms with E-state index >= 15 is 9.59 Å². The van der Waals surface area contributed by atoms with E-state index < -0.39 is 76.5 Å². The van der Waals surface area contributed by atoms with Gasteiger partial charge in [-0.3, -0.25) is 14.6 Å². The van der Waals surface area contributed by atoms with Crippen LogP contribution in [0.15, 0.2) is 63.3 Å². The standard InChI is InChI=1S/C53H77BrClN5O10Si2/c1-17-66-50(63)46-48(70-72(31(2)3,32(4)5)33(6)7)37-24-25-41(43(55)47(37)69-71(15,16)53(11,12)13)67-42-29-35(28-39(54)45(42)58-59-60-26-18-19-27-60)44(57-51(64)68-52(8,9)10)40(61)30-38(49(62)56-46)34-20-22-36(65-14)23-21-34/h20-25,28-29,31-33,38,44,46,48H,17-19,26-27,30H2,1-16H3,(H,56,62)(H,57,64)/t38-,44-,46+,48+/m1/s1. The first-order valence-corrected chi connectivity index (χ1v) is 31.3. The molecule has 6 rings (SSSR count). The molecule has 0 saturated carbocycles. The van der Waals surface area contributed by atoms with Gasteiger partial charge < -0.3 is 38.4 Å². The lowest BCUT2D eigenvalue weighted by Crippen LogP contribution is -2.55. The highest BCUT2D eigenvalue weighted by Gasteiger charge is 2.51. The third-order valence-electron chi connectivity index (χ3n) is 13.9. The van der Waals surface area contributed by atoms with Crippen LogP contribution in [-0.4, -0.2) is 83.8 Å². The molecule has 1 fully saturated rings. The summed E-state index contributed by atoms with van der Waals surface area (Å²) in [6.45, 7) is 31.6. The quantitative estimate of drug-likeness (QED) is 0.0892. The number of nitrogens with one attached hydrogen (secondary N) is 2. The Bertz CT molecular complexity index is 2430. The summed E-state index contributed by atoms with van der Waals surface area (Å²) >= 11 is 11.4. The molecule has 72 heavy (non-hydrogen) atoms. The lowest BCUT2D eigenvalue weighted by molar-refractivity contribution is -0.151. The molecule has 3 aromatic rings. The van der Waals surface area contributed by atoms with Crippen molar-refractivity contribution in [1.29, 1.82) is 0 Å². The van der Waals surface area contributed by atoms with Gasteiger partial charge in [0.2, 0.25) is 14.2 Å². The molecular weight excluding hydrogens is 1040 g/mol. The number of hydrogen-bond donors (Lipinski definition) is 2. The van der Waals surface area contributed by atoms with Crippen LogP contribution >= 0.6 is 27.5 Å². The number of alkyl carbamates (subject to hydrolysis) is 1. The largest absolute Gasteiger partial charge is 0.542 e. The van der Waals surface area contributed by atoms with E-state index in [1.165, 1.54) is 7.11 Å².